The molecule has 0 aromatic heterocycles. The molecule has 1 aliphatic rings. The van der Waals surface area contributed by atoms with E-state index in [0.717, 1.165) is 31.4 Å². The van der Waals surface area contributed by atoms with Gasteiger partial charge in [-0.1, -0.05) is 42.5 Å². The molecule has 4 nitrogen and oxygen atoms in total. The third kappa shape index (κ3) is 6.33. The Balaban J connectivity index is 1.62. The van der Waals surface area contributed by atoms with Crippen LogP contribution in [0.5, 0.6) is 5.75 Å². The molecule has 1 aliphatic carbocycles. The monoisotopic (exact) mass is 395 g/mol. The quantitative estimate of drug-likeness (QED) is 0.610. The summed E-state index contributed by atoms with van der Waals surface area (Å²) in [4.78, 5) is 11.2. The van der Waals surface area contributed by atoms with Crippen LogP contribution < -0.4 is 10.1 Å². The molecule has 0 heterocycles. The van der Waals surface area contributed by atoms with Crippen LogP contribution in [0.15, 0.2) is 54.6 Å². The van der Waals surface area contributed by atoms with Crippen LogP contribution in [-0.2, 0) is 11.2 Å². The molecule has 0 spiro atoms. The maximum atomic E-state index is 11.2. The van der Waals surface area contributed by atoms with Gasteiger partial charge >= 0.3 is 5.97 Å². The molecule has 0 bridgehead atoms. The van der Waals surface area contributed by atoms with Crippen molar-refractivity contribution >= 4 is 5.97 Å². The largest absolute Gasteiger partial charge is 0.497 e. The number of nitrogens with one attached hydrogen (secondary N) is 1. The van der Waals surface area contributed by atoms with Crippen molar-refractivity contribution in [2.75, 3.05) is 7.11 Å². The van der Waals surface area contributed by atoms with Gasteiger partial charge in [-0.2, -0.15) is 0 Å². The van der Waals surface area contributed by atoms with Crippen LogP contribution in [0.25, 0.3) is 0 Å². The van der Waals surface area contributed by atoms with Gasteiger partial charge in [0.05, 0.1) is 7.11 Å². The van der Waals surface area contributed by atoms with Crippen molar-refractivity contribution < 1.29 is 14.6 Å². The van der Waals surface area contributed by atoms with Gasteiger partial charge in [0.2, 0.25) is 0 Å². The molecule has 3 rings (SSSR count). The standard InChI is InChI=1S/C25H33NO3/c1-18(21-6-4-3-5-7-21)26-24-14-10-20(17-22(24)11-15-25(27)28)16-19-8-12-23(29-2)13-9-19/h3-9,12-13,18,20,22,24,26H,10-11,14-17H2,1-2H3,(H,27,28)/t18-,20-,22+,24-/m1/s1. The molecule has 0 unspecified atom stereocenters. The Labute approximate surface area is 174 Å². The van der Waals surface area contributed by atoms with E-state index in [1.54, 1.807) is 7.11 Å². The Hall–Kier alpha value is -2.33. The number of hydrogen-bond acceptors (Lipinski definition) is 3. The summed E-state index contributed by atoms with van der Waals surface area (Å²) >= 11 is 0. The molecule has 29 heavy (non-hydrogen) atoms. The predicted octanol–water partition coefficient (Wildman–Crippen LogP) is 5.24. The molecule has 0 aliphatic heterocycles. The summed E-state index contributed by atoms with van der Waals surface area (Å²) in [5, 5.41) is 13.0. The van der Waals surface area contributed by atoms with E-state index in [1.165, 1.54) is 17.5 Å². The Bertz CT molecular complexity index is 759. The minimum atomic E-state index is -0.697. The number of carboxylic acid groups (broad SMARTS) is 1. The highest BCUT2D eigenvalue weighted by molar-refractivity contribution is 5.66. The zero-order valence-electron chi connectivity index (χ0n) is 17.5. The van der Waals surface area contributed by atoms with E-state index in [0.29, 0.717) is 17.9 Å². The average molecular weight is 396 g/mol. The van der Waals surface area contributed by atoms with Gasteiger partial charge < -0.3 is 15.2 Å². The van der Waals surface area contributed by atoms with Gasteiger partial charge in [0.15, 0.2) is 0 Å². The van der Waals surface area contributed by atoms with Crippen LogP contribution in [0, 0.1) is 11.8 Å². The number of ether oxygens (including phenoxy) is 1. The molecule has 0 saturated heterocycles. The van der Waals surface area contributed by atoms with Crippen LogP contribution in [0.1, 0.15) is 56.2 Å². The van der Waals surface area contributed by atoms with Crippen LogP contribution in [-0.4, -0.2) is 24.2 Å². The van der Waals surface area contributed by atoms with Gasteiger partial charge in [-0.05, 0) is 74.1 Å². The van der Waals surface area contributed by atoms with E-state index < -0.39 is 5.97 Å². The summed E-state index contributed by atoms with van der Waals surface area (Å²) in [6, 6.07) is 19.5. The minimum Gasteiger partial charge on any atom is -0.497 e. The van der Waals surface area contributed by atoms with E-state index in [9.17, 15) is 9.90 Å². The minimum absolute atomic E-state index is 0.248. The summed E-state index contributed by atoms with van der Waals surface area (Å²) in [7, 11) is 1.69. The van der Waals surface area contributed by atoms with E-state index in [1.807, 2.05) is 18.2 Å². The molecular formula is C25H33NO3. The maximum absolute atomic E-state index is 11.2. The fourth-order valence-electron chi connectivity index (χ4n) is 4.65. The summed E-state index contributed by atoms with van der Waals surface area (Å²) in [6.45, 7) is 2.20. The lowest BCUT2D eigenvalue weighted by atomic mass is 9.73. The Morgan fingerprint density at radius 1 is 1.14 bits per heavy atom. The molecule has 0 amide bonds. The van der Waals surface area contributed by atoms with Crippen molar-refractivity contribution in [3.05, 3.63) is 65.7 Å². The first-order valence-electron chi connectivity index (χ1n) is 10.7. The fraction of sp³-hybridized carbons (Fsp3) is 0.480. The second-order valence-electron chi connectivity index (χ2n) is 8.33. The summed E-state index contributed by atoms with van der Waals surface area (Å²) < 4.78 is 5.25. The molecule has 2 aromatic carbocycles. The van der Waals surface area contributed by atoms with Crippen molar-refractivity contribution in [1.29, 1.82) is 0 Å². The first-order chi connectivity index (χ1) is 14.0. The van der Waals surface area contributed by atoms with E-state index in [2.05, 4.69) is 48.6 Å². The van der Waals surface area contributed by atoms with Gasteiger partial charge in [0, 0.05) is 18.5 Å². The zero-order valence-corrected chi connectivity index (χ0v) is 17.5. The predicted molar refractivity (Wildman–Crippen MR) is 116 cm³/mol. The molecule has 4 atom stereocenters. The lowest BCUT2D eigenvalue weighted by Gasteiger charge is -2.38. The van der Waals surface area contributed by atoms with E-state index in [4.69, 9.17) is 4.74 Å². The molecule has 1 fully saturated rings. The molecule has 2 aromatic rings. The third-order valence-corrected chi connectivity index (χ3v) is 6.27. The molecule has 1 saturated carbocycles. The molecule has 4 heteroatoms. The van der Waals surface area contributed by atoms with E-state index >= 15 is 0 Å². The second kappa shape index (κ2) is 10.4. The van der Waals surface area contributed by atoms with Crippen LogP contribution in [0.4, 0.5) is 0 Å². The fourth-order valence-corrected chi connectivity index (χ4v) is 4.65. The second-order valence-corrected chi connectivity index (χ2v) is 8.33. The number of benzene rings is 2. The van der Waals surface area contributed by atoms with Gasteiger partial charge in [0.25, 0.3) is 0 Å². The Morgan fingerprint density at radius 3 is 2.52 bits per heavy atom. The van der Waals surface area contributed by atoms with Crippen molar-refractivity contribution in [2.24, 2.45) is 11.8 Å². The summed E-state index contributed by atoms with van der Waals surface area (Å²) in [6.07, 6.45) is 5.40. The zero-order chi connectivity index (χ0) is 20.6. The summed E-state index contributed by atoms with van der Waals surface area (Å²) in [5.74, 6) is 1.19. The molecular weight excluding hydrogens is 362 g/mol. The summed E-state index contributed by atoms with van der Waals surface area (Å²) in [5.41, 5.74) is 2.61. The van der Waals surface area contributed by atoms with Crippen LogP contribution in [0.3, 0.4) is 0 Å². The van der Waals surface area contributed by atoms with Gasteiger partial charge in [-0.25, -0.2) is 0 Å². The normalized spacial score (nSPS) is 22.8. The maximum Gasteiger partial charge on any atom is 0.303 e. The van der Waals surface area contributed by atoms with Gasteiger partial charge in [-0.3, -0.25) is 4.79 Å². The number of rotatable bonds is 9. The highest BCUT2D eigenvalue weighted by Gasteiger charge is 2.31. The lowest BCUT2D eigenvalue weighted by Crippen LogP contribution is -2.42. The van der Waals surface area contributed by atoms with Crippen molar-refractivity contribution in [2.45, 2.75) is 57.5 Å². The van der Waals surface area contributed by atoms with Crippen LogP contribution >= 0.6 is 0 Å². The number of carboxylic acids is 1. The van der Waals surface area contributed by atoms with Crippen molar-refractivity contribution in [1.82, 2.24) is 5.32 Å². The highest BCUT2D eigenvalue weighted by atomic mass is 16.5. The van der Waals surface area contributed by atoms with Crippen molar-refractivity contribution in [3.8, 4) is 5.75 Å². The van der Waals surface area contributed by atoms with Gasteiger partial charge in [0.1, 0.15) is 5.75 Å². The van der Waals surface area contributed by atoms with Gasteiger partial charge in [-0.15, -0.1) is 0 Å². The number of methoxy groups -OCH3 is 1. The number of carbonyl (C=O) groups is 1. The molecule has 156 valence electrons. The first kappa shape index (κ1) is 21.4. The van der Waals surface area contributed by atoms with E-state index in [-0.39, 0.29) is 12.5 Å². The van der Waals surface area contributed by atoms with Crippen LogP contribution in [0.2, 0.25) is 0 Å². The number of hydrogen-bond donors (Lipinski definition) is 2. The first-order valence-corrected chi connectivity index (χ1v) is 10.7. The molecule has 0 radical (unpaired) electrons. The smallest absolute Gasteiger partial charge is 0.303 e. The van der Waals surface area contributed by atoms with Crippen molar-refractivity contribution in [3.63, 3.8) is 0 Å². The molecule has 2 N–H and O–H groups in total. The SMILES string of the molecule is COc1ccc(C[C@H]2CC[C@@H](N[C@H](C)c3ccccc3)[C@@H](CCC(=O)O)C2)cc1. The lowest BCUT2D eigenvalue weighted by molar-refractivity contribution is -0.137. The highest BCUT2D eigenvalue weighted by Crippen LogP contribution is 2.35. The Kier molecular flexibility index (Phi) is 7.70. The third-order valence-electron chi connectivity index (χ3n) is 6.27. The average Bonchev–Trinajstić information content (AvgIpc) is 2.74. The number of aliphatic carboxylic acids is 1. The topological polar surface area (TPSA) is 58.6 Å². The Morgan fingerprint density at radius 2 is 1.86 bits per heavy atom.